The van der Waals surface area contributed by atoms with Gasteiger partial charge in [-0.2, -0.15) is 0 Å². The van der Waals surface area contributed by atoms with Gasteiger partial charge in [0.1, 0.15) is 6.04 Å². The Hall–Kier alpha value is -1.14. The minimum atomic E-state index is -0.765. The number of nitrogens with two attached hydrogens (primary N) is 1. The van der Waals surface area contributed by atoms with Gasteiger partial charge in [-0.15, -0.1) is 0 Å². The Morgan fingerprint density at radius 1 is 1.44 bits per heavy atom. The zero-order valence-electron chi connectivity index (χ0n) is 11.0. The molecular formula is C12H22N2O4. The summed E-state index contributed by atoms with van der Waals surface area (Å²) in [7, 11) is 1.50. The second kappa shape index (κ2) is 6.15. The summed E-state index contributed by atoms with van der Waals surface area (Å²) in [6.07, 6.45) is 1.57. The van der Waals surface area contributed by atoms with Crippen molar-refractivity contribution in [1.82, 2.24) is 4.90 Å². The van der Waals surface area contributed by atoms with Crippen LogP contribution in [0.15, 0.2) is 0 Å². The van der Waals surface area contributed by atoms with Gasteiger partial charge in [-0.3, -0.25) is 9.59 Å². The molecule has 6 nitrogen and oxygen atoms in total. The maximum absolute atomic E-state index is 11.9. The number of carboxylic acids is 1. The molecule has 0 aromatic carbocycles. The summed E-state index contributed by atoms with van der Waals surface area (Å²) in [5.41, 5.74) is 5.01. The van der Waals surface area contributed by atoms with Crippen LogP contribution in [0.5, 0.6) is 0 Å². The smallest absolute Gasteiger partial charge is 0.309 e. The highest BCUT2D eigenvalue weighted by atomic mass is 16.5. The summed E-state index contributed by atoms with van der Waals surface area (Å²) >= 11 is 0. The van der Waals surface area contributed by atoms with Crippen molar-refractivity contribution in [3.05, 3.63) is 0 Å². The molecule has 1 fully saturated rings. The van der Waals surface area contributed by atoms with Crippen LogP contribution < -0.4 is 5.73 Å². The van der Waals surface area contributed by atoms with E-state index in [0.717, 1.165) is 0 Å². The number of rotatable bonds is 5. The summed E-state index contributed by atoms with van der Waals surface area (Å²) in [6.45, 7) is 2.97. The van der Waals surface area contributed by atoms with Crippen molar-refractivity contribution in [3.63, 3.8) is 0 Å². The van der Waals surface area contributed by atoms with Crippen LogP contribution in [0.1, 0.15) is 26.2 Å². The van der Waals surface area contributed by atoms with E-state index in [1.165, 1.54) is 7.11 Å². The quantitative estimate of drug-likeness (QED) is 0.727. The third kappa shape index (κ3) is 3.00. The maximum atomic E-state index is 11.9. The Morgan fingerprint density at radius 3 is 2.39 bits per heavy atom. The van der Waals surface area contributed by atoms with Gasteiger partial charge in [0.2, 0.25) is 5.91 Å². The molecule has 0 aliphatic carbocycles. The van der Waals surface area contributed by atoms with Crippen LogP contribution in [0, 0.1) is 5.41 Å². The standard InChI is InChI=1S/C12H22N2O4/c1-3-12(11(16)17)4-6-14(7-5-12)10(15)9(13)8-18-2/h9H,3-8,13H2,1-2H3,(H,16,17). The van der Waals surface area contributed by atoms with Crippen LogP contribution in [-0.4, -0.2) is 54.7 Å². The van der Waals surface area contributed by atoms with Gasteiger partial charge in [0, 0.05) is 20.2 Å². The molecule has 1 rings (SSSR count). The van der Waals surface area contributed by atoms with Crippen LogP contribution in [-0.2, 0) is 14.3 Å². The van der Waals surface area contributed by atoms with Crippen LogP contribution in [0.25, 0.3) is 0 Å². The molecule has 0 saturated carbocycles. The van der Waals surface area contributed by atoms with Crippen molar-refractivity contribution < 1.29 is 19.4 Å². The van der Waals surface area contributed by atoms with Gasteiger partial charge in [0.25, 0.3) is 0 Å². The Morgan fingerprint density at radius 2 is 2.00 bits per heavy atom. The topological polar surface area (TPSA) is 92.9 Å². The molecule has 0 aromatic rings. The summed E-state index contributed by atoms with van der Waals surface area (Å²) in [6, 6.07) is -0.658. The second-order valence-electron chi connectivity index (χ2n) is 4.83. The Kier molecular flexibility index (Phi) is 5.10. The van der Waals surface area contributed by atoms with E-state index in [-0.39, 0.29) is 12.5 Å². The van der Waals surface area contributed by atoms with Crippen molar-refractivity contribution in [2.75, 3.05) is 26.8 Å². The van der Waals surface area contributed by atoms with E-state index in [4.69, 9.17) is 10.5 Å². The molecule has 1 amide bonds. The average molecular weight is 258 g/mol. The lowest BCUT2D eigenvalue weighted by Crippen LogP contribution is -2.52. The van der Waals surface area contributed by atoms with E-state index >= 15 is 0 Å². The number of piperidine rings is 1. The average Bonchev–Trinajstić information content (AvgIpc) is 2.38. The lowest BCUT2D eigenvalue weighted by molar-refractivity contribution is -0.155. The highest BCUT2D eigenvalue weighted by molar-refractivity contribution is 5.82. The van der Waals surface area contributed by atoms with E-state index in [9.17, 15) is 14.7 Å². The summed E-state index contributed by atoms with van der Waals surface area (Å²) in [4.78, 5) is 24.8. The van der Waals surface area contributed by atoms with Crippen molar-refractivity contribution >= 4 is 11.9 Å². The number of methoxy groups -OCH3 is 1. The number of hydrogen-bond acceptors (Lipinski definition) is 4. The molecule has 1 unspecified atom stereocenters. The van der Waals surface area contributed by atoms with Crippen LogP contribution >= 0.6 is 0 Å². The maximum Gasteiger partial charge on any atom is 0.309 e. The zero-order chi connectivity index (χ0) is 13.8. The number of ether oxygens (including phenoxy) is 1. The Balaban J connectivity index is 2.58. The molecule has 0 aromatic heterocycles. The lowest BCUT2D eigenvalue weighted by Gasteiger charge is -2.39. The molecule has 0 bridgehead atoms. The molecule has 0 radical (unpaired) electrons. The lowest BCUT2D eigenvalue weighted by atomic mass is 9.76. The molecule has 18 heavy (non-hydrogen) atoms. The second-order valence-corrected chi connectivity index (χ2v) is 4.83. The third-order valence-electron chi connectivity index (χ3n) is 3.83. The first kappa shape index (κ1) is 14.9. The minimum Gasteiger partial charge on any atom is -0.481 e. The third-order valence-corrected chi connectivity index (χ3v) is 3.83. The molecule has 0 spiro atoms. The first-order valence-corrected chi connectivity index (χ1v) is 6.23. The van der Waals surface area contributed by atoms with Gasteiger partial charge in [0.05, 0.1) is 12.0 Å². The molecule has 1 aliphatic heterocycles. The first-order valence-electron chi connectivity index (χ1n) is 6.23. The van der Waals surface area contributed by atoms with E-state index in [2.05, 4.69) is 0 Å². The predicted molar refractivity (Wildman–Crippen MR) is 66.0 cm³/mol. The first-order chi connectivity index (χ1) is 8.46. The molecule has 3 N–H and O–H groups in total. The minimum absolute atomic E-state index is 0.160. The Labute approximate surface area is 107 Å². The van der Waals surface area contributed by atoms with Crippen LogP contribution in [0.4, 0.5) is 0 Å². The number of carbonyl (C=O) groups is 2. The fraction of sp³-hybridized carbons (Fsp3) is 0.833. The number of hydrogen-bond donors (Lipinski definition) is 2. The highest BCUT2D eigenvalue weighted by Gasteiger charge is 2.41. The molecule has 1 heterocycles. The molecule has 1 atom stereocenters. The van der Waals surface area contributed by atoms with Crippen molar-refractivity contribution in [1.29, 1.82) is 0 Å². The van der Waals surface area contributed by atoms with Gasteiger partial charge in [0.15, 0.2) is 0 Å². The Bertz CT molecular complexity index is 311. The number of amides is 1. The fourth-order valence-corrected chi connectivity index (χ4v) is 2.36. The monoisotopic (exact) mass is 258 g/mol. The highest BCUT2D eigenvalue weighted by Crippen LogP contribution is 2.35. The number of carbonyl (C=O) groups excluding carboxylic acids is 1. The number of aliphatic carboxylic acids is 1. The summed E-state index contributed by atoms with van der Waals surface area (Å²) in [5.74, 6) is -0.926. The van der Waals surface area contributed by atoms with Crippen LogP contribution in [0.3, 0.4) is 0 Å². The van der Waals surface area contributed by atoms with Gasteiger partial charge in [-0.05, 0) is 19.3 Å². The molecule has 1 saturated heterocycles. The normalized spacial score (nSPS) is 20.5. The summed E-state index contributed by atoms with van der Waals surface area (Å²) in [5, 5.41) is 9.26. The van der Waals surface area contributed by atoms with Gasteiger partial charge < -0.3 is 20.5 Å². The predicted octanol–water partition coefficient (Wildman–Crippen LogP) is 0.0635. The molecule has 104 valence electrons. The number of likely N-dealkylation sites (tertiary alicyclic amines) is 1. The van der Waals surface area contributed by atoms with Crippen molar-refractivity contribution in [2.45, 2.75) is 32.2 Å². The number of carboxylic acid groups (broad SMARTS) is 1. The van der Waals surface area contributed by atoms with E-state index in [0.29, 0.717) is 32.4 Å². The van der Waals surface area contributed by atoms with Gasteiger partial charge in [-0.1, -0.05) is 6.92 Å². The van der Waals surface area contributed by atoms with Crippen molar-refractivity contribution in [2.24, 2.45) is 11.1 Å². The van der Waals surface area contributed by atoms with E-state index in [1.54, 1.807) is 4.90 Å². The summed E-state index contributed by atoms with van der Waals surface area (Å²) < 4.78 is 4.85. The molecule has 6 heteroatoms. The van der Waals surface area contributed by atoms with Crippen molar-refractivity contribution in [3.8, 4) is 0 Å². The van der Waals surface area contributed by atoms with E-state index in [1.807, 2.05) is 6.92 Å². The number of nitrogens with zero attached hydrogens (tertiary/aromatic N) is 1. The van der Waals surface area contributed by atoms with Crippen LogP contribution in [0.2, 0.25) is 0 Å². The van der Waals surface area contributed by atoms with Gasteiger partial charge >= 0.3 is 5.97 Å². The molecular weight excluding hydrogens is 236 g/mol. The zero-order valence-corrected chi connectivity index (χ0v) is 11.0. The SMILES string of the molecule is CCC1(C(=O)O)CCN(C(=O)C(N)COC)CC1. The van der Waals surface area contributed by atoms with E-state index < -0.39 is 17.4 Å². The largest absolute Gasteiger partial charge is 0.481 e. The fourth-order valence-electron chi connectivity index (χ4n) is 2.36. The molecule has 1 aliphatic rings. The van der Waals surface area contributed by atoms with Gasteiger partial charge in [-0.25, -0.2) is 0 Å².